The summed E-state index contributed by atoms with van der Waals surface area (Å²) in [4.78, 5) is 21.8. The van der Waals surface area contributed by atoms with E-state index in [1.54, 1.807) is 0 Å². The summed E-state index contributed by atoms with van der Waals surface area (Å²) in [5, 5.41) is 11.4. The van der Waals surface area contributed by atoms with Gasteiger partial charge >= 0.3 is 0 Å². The van der Waals surface area contributed by atoms with Crippen molar-refractivity contribution in [3.05, 3.63) is 21.8 Å². The standard InChI is InChI=1S/C12H19NO3/c1-10-4-6-12(7-5-10,13(15)16)11(2,3)8-9-14/h4,9H,5-8H2,1-3H3. The van der Waals surface area contributed by atoms with Crippen molar-refractivity contribution in [2.75, 3.05) is 0 Å². The minimum atomic E-state index is -0.979. The minimum absolute atomic E-state index is 0.181. The van der Waals surface area contributed by atoms with Gasteiger partial charge in [0.2, 0.25) is 5.54 Å². The van der Waals surface area contributed by atoms with Gasteiger partial charge in [-0.3, -0.25) is 10.1 Å². The fourth-order valence-corrected chi connectivity index (χ4v) is 2.38. The summed E-state index contributed by atoms with van der Waals surface area (Å²) in [6.07, 6.45) is 4.69. The van der Waals surface area contributed by atoms with E-state index in [-0.39, 0.29) is 11.3 Å². The molecule has 0 fully saturated rings. The van der Waals surface area contributed by atoms with E-state index in [0.717, 1.165) is 12.7 Å². The van der Waals surface area contributed by atoms with Gasteiger partial charge in [-0.05, 0) is 13.3 Å². The predicted octanol–water partition coefficient (Wildman–Crippen LogP) is 2.75. The van der Waals surface area contributed by atoms with Crippen molar-refractivity contribution in [2.45, 2.75) is 52.0 Å². The average molecular weight is 225 g/mol. The predicted molar refractivity (Wildman–Crippen MR) is 61.8 cm³/mol. The first-order valence-corrected chi connectivity index (χ1v) is 5.59. The zero-order chi connectivity index (χ0) is 12.4. The zero-order valence-electron chi connectivity index (χ0n) is 10.2. The molecule has 0 spiro atoms. The van der Waals surface area contributed by atoms with Crippen molar-refractivity contribution < 1.29 is 9.72 Å². The van der Waals surface area contributed by atoms with Crippen LogP contribution >= 0.6 is 0 Å². The zero-order valence-corrected chi connectivity index (χ0v) is 10.2. The maximum Gasteiger partial charge on any atom is 0.231 e. The number of carbonyl (C=O) groups is 1. The SMILES string of the molecule is CC1=CCC([N+](=O)[O-])(C(C)(C)CC=O)CC1. The van der Waals surface area contributed by atoms with Crippen LogP contribution in [0, 0.1) is 15.5 Å². The average Bonchev–Trinajstić information content (AvgIpc) is 2.18. The molecular formula is C12H19NO3. The van der Waals surface area contributed by atoms with E-state index < -0.39 is 11.0 Å². The van der Waals surface area contributed by atoms with Crippen LogP contribution in [-0.4, -0.2) is 16.7 Å². The molecule has 0 aliphatic heterocycles. The van der Waals surface area contributed by atoms with Crippen LogP contribution in [0.1, 0.15) is 46.5 Å². The van der Waals surface area contributed by atoms with Gasteiger partial charge in [0.25, 0.3) is 0 Å². The minimum Gasteiger partial charge on any atom is -0.303 e. The summed E-state index contributed by atoms with van der Waals surface area (Å²) in [5.41, 5.74) is -0.359. The van der Waals surface area contributed by atoms with Gasteiger partial charge < -0.3 is 4.79 Å². The first-order valence-electron chi connectivity index (χ1n) is 5.59. The Kier molecular flexibility index (Phi) is 3.51. The molecule has 0 aromatic rings. The summed E-state index contributed by atoms with van der Waals surface area (Å²) in [7, 11) is 0. The van der Waals surface area contributed by atoms with Gasteiger partial charge in [-0.2, -0.15) is 0 Å². The van der Waals surface area contributed by atoms with Gasteiger partial charge in [-0.25, -0.2) is 0 Å². The van der Waals surface area contributed by atoms with Crippen LogP contribution in [0.5, 0.6) is 0 Å². The number of hydrogen-bond acceptors (Lipinski definition) is 3. The summed E-state index contributed by atoms with van der Waals surface area (Å²) in [6.45, 7) is 5.63. The second kappa shape index (κ2) is 4.36. The monoisotopic (exact) mass is 225 g/mol. The number of nitrogens with zero attached hydrogens (tertiary/aromatic N) is 1. The highest BCUT2D eigenvalue weighted by molar-refractivity contribution is 5.51. The fourth-order valence-electron chi connectivity index (χ4n) is 2.38. The Bertz CT molecular complexity index is 333. The molecule has 0 radical (unpaired) electrons. The van der Waals surface area contributed by atoms with E-state index in [1.165, 1.54) is 5.57 Å². The lowest BCUT2D eigenvalue weighted by Gasteiger charge is -2.39. The number of nitro groups is 1. The summed E-state index contributed by atoms with van der Waals surface area (Å²) in [6, 6.07) is 0. The first-order chi connectivity index (χ1) is 7.35. The quantitative estimate of drug-likeness (QED) is 0.320. The summed E-state index contributed by atoms with van der Waals surface area (Å²) in [5.74, 6) is 0. The summed E-state index contributed by atoms with van der Waals surface area (Å²) < 4.78 is 0. The lowest BCUT2D eigenvalue weighted by atomic mass is 9.64. The highest BCUT2D eigenvalue weighted by Crippen LogP contribution is 2.45. The Balaban J connectivity index is 3.08. The molecule has 1 aliphatic rings. The normalized spacial score (nSPS) is 26.1. The largest absolute Gasteiger partial charge is 0.303 e. The van der Waals surface area contributed by atoms with Crippen LogP contribution in [-0.2, 0) is 4.79 Å². The third-order valence-electron chi connectivity index (χ3n) is 3.92. The van der Waals surface area contributed by atoms with Gasteiger partial charge in [0.15, 0.2) is 0 Å². The third-order valence-corrected chi connectivity index (χ3v) is 3.92. The maximum atomic E-state index is 11.4. The molecule has 1 rings (SSSR count). The van der Waals surface area contributed by atoms with E-state index in [4.69, 9.17) is 0 Å². The van der Waals surface area contributed by atoms with Crippen LogP contribution in [0.3, 0.4) is 0 Å². The van der Waals surface area contributed by atoms with Crippen LogP contribution in [0.2, 0.25) is 0 Å². The molecule has 1 atom stereocenters. The van der Waals surface area contributed by atoms with E-state index in [9.17, 15) is 14.9 Å². The molecule has 90 valence electrons. The topological polar surface area (TPSA) is 60.2 Å². The van der Waals surface area contributed by atoms with Gasteiger partial charge in [-0.1, -0.05) is 25.5 Å². The molecule has 16 heavy (non-hydrogen) atoms. The molecule has 0 heterocycles. The molecule has 0 saturated heterocycles. The molecule has 1 unspecified atom stereocenters. The van der Waals surface area contributed by atoms with Gasteiger partial charge in [0.05, 0.1) is 0 Å². The van der Waals surface area contributed by atoms with Gasteiger partial charge in [-0.15, -0.1) is 0 Å². The second-order valence-corrected chi connectivity index (χ2v) is 5.30. The molecule has 4 heteroatoms. The molecule has 0 amide bonds. The Morgan fingerprint density at radius 2 is 2.25 bits per heavy atom. The number of allylic oxidation sites excluding steroid dienone is 1. The molecule has 0 aromatic carbocycles. The Morgan fingerprint density at radius 1 is 1.62 bits per heavy atom. The molecule has 0 saturated carbocycles. The van der Waals surface area contributed by atoms with Crippen molar-refractivity contribution in [1.29, 1.82) is 0 Å². The van der Waals surface area contributed by atoms with E-state index in [1.807, 2.05) is 26.8 Å². The van der Waals surface area contributed by atoms with Crippen molar-refractivity contribution in [2.24, 2.45) is 5.41 Å². The lowest BCUT2D eigenvalue weighted by Crippen LogP contribution is -2.52. The summed E-state index contributed by atoms with van der Waals surface area (Å²) >= 11 is 0. The fraction of sp³-hybridized carbons (Fsp3) is 0.750. The van der Waals surface area contributed by atoms with E-state index >= 15 is 0 Å². The van der Waals surface area contributed by atoms with Crippen molar-refractivity contribution in [1.82, 2.24) is 0 Å². The Morgan fingerprint density at radius 3 is 2.62 bits per heavy atom. The molecule has 0 N–H and O–H groups in total. The number of carbonyl (C=O) groups excluding carboxylic acids is 1. The lowest BCUT2D eigenvalue weighted by molar-refractivity contribution is -0.591. The Hall–Kier alpha value is -1.19. The van der Waals surface area contributed by atoms with Crippen LogP contribution < -0.4 is 0 Å². The molecule has 4 nitrogen and oxygen atoms in total. The molecule has 0 bridgehead atoms. The van der Waals surface area contributed by atoms with Crippen LogP contribution in [0.4, 0.5) is 0 Å². The first kappa shape index (κ1) is 12.9. The van der Waals surface area contributed by atoms with Crippen molar-refractivity contribution >= 4 is 6.29 Å². The van der Waals surface area contributed by atoms with E-state index in [2.05, 4.69) is 0 Å². The van der Waals surface area contributed by atoms with Crippen molar-refractivity contribution in [3.8, 4) is 0 Å². The van der Waals surface area contributed by atoms with E-state index in [0.29, 0.717) is 12.8 Å². The highest BCUT2D eigenvalue weighted by Gasteiger charge is 2.55. The molecule has 1 aliphatic carbocycles. The molecule has 0 aromatic heterocycles. The van der Waals surface area contributed by atoms with Gasteiger partial charge in [0, 0.05) is 29.6 Å². The van der Waals surface area contributed by atoms with Crippen LogP contribution in [0.15, 0.2) is 11.6 Å². The number of rotatable bonds is 4. The number of hydrogen-bond donors (Lipinski definition) is 0. The maximum absolute atomic E-state index is 11.4. The third kappa shape index (κ3) is 2.01. The van der Waals surface area contributed by atoms with Crippen molar-refractivity contribution in [3.63, 3.8) is 0 Å². The highest BCUT2D eigenvalue weighted by atomic mass is 16.6. The van der Waals surface area contributed by atoms with Crippen LogP contribution in [0.25, 0.3) is 0 Å². The number of aldehydes is 1. The van der Waals surface area contributed by atoms with Gasteiger partial charge in [0.1, 0.15) is 6.29 Å². The Labute approximate surface area is 95.9 Å². The smallest absolute Gasteiger partial charge is 0.231 e. The molecular weight excluding hydrogens is 206 g/mol. The second-order valence-electron chi connectivity index (χ2n) is 5.30.